The first-order valence-electron chi connectivity index (χ1n) is 10.6. The third kappa shape index (κ3) is 4.16. The van der Waals surface area contributed by atoms with E-state index < -0.39 is 34.4 Å². The Labute approximate surface area is 179 Å². The molecule has 4 rings (SSSR count). The molecule has 1 aromatic carbocycles. The molecule has 1 heterocycles. The lowest BCUT2D eigenvalue weighted by atomic mass is 10.0. The van der Waals surface area contributed by atoms with E-state index in [2.05, 4.69) is 5.32 Å². The van der Waals surface area contributed by atoms with Crippen LogP contribution in [-0.2, 0) is 15.0 Å². The minimum atomic E-state index is -0.856. The molecular weight excluding hydrogens is 403 g/mol. The molecule has 0 bridgehead atoms. The zero-order chi connectivity index (χ0) is 22.6. The summed E-state index contributed by atoms with van der Waals surface area (Å²) in [5.41, 5.74) is -1.30. The number of hydrogen-bond donors (Lipinski definition) is 1. The van der Waals surface area contributed by atoms with Gasteiger partial charge in [0.1, 0.15) is 17.0 Å². The lowest BCUT2D eigenvalue weighted by Crippen LogP contribution is -2.39. The molecule has 0 aliphatic heterocycles. The number of hydrogen-bond acceptors (Lipinski definition) is 5. The number of rotatable bonds is 5. The average molecular weight is 430 g/mol. The van der Waals surface area contributed by atoms with Gasteiger partial charge >= 0.3 is 12.1 Å². The molecule has 2 fully saturated rings. The summed E-state index contributed by atoms with van der Waals surface area (Å²) < 4.78 is 27.4. The molecule has 2 aromatic rings. The Morgan fingerprint density at radius 3 is 2.48 bits per heavy atom. The van der Waals surface area contributed by atoms with Crippen LogP contribution >= 0.6 is 0 Å². The number of aromatic nitrogens is 1. The molecule has 7 nitrogen and oxygen atoms in total. The maximum atomic E-state index is 15.2. The summed E-state index contributed by atoms with van der Waals surface area (Å²) in [4.78, 5) is 37.5. The number of halogens is 1. The highest BCUT2D eigenvalue weighted by molar-refractivity contribution is 5.94. The number of fused-ring (bicyclic) bond motifs is 1. The Kier molecular flexibility index (Phi) is 5.06. The maximum absolute atomic E-state index is 15.2. The first-order chi connectivity index (χ1) is 14.5. The summed E-state index contributed by atoms with van der Waals surface area (Å²) in [5.74, 6) is -1.31. The van der Waals surface area contributed by atoms with Crippen LogP contribution in [0.15, 0.2) is 23.1 Å². The van der Waals surface area contributed by atoms with Crippen LogP contribution in [0.2, 0.25) is 0 Å². The molecule has 2 aliphatic carbocycles. The van der Waals surface area contributed by atoms with Crippen molar-refractivity contribution in [2.45, 2.75) is 70.6 Å². The number of amides is 1. The third-order valence-electron chi connectivity index (χ3n) is 5.56. The van der Waals surface area contributed by atoms with Gasteiger partial charge in [-0.1, -0.05) is 0 Å². The van der Waals surface area contributed by atoms with Crippen molar-refractivity contribution in [3.8, 4) is 0 Å². The zero-order valence-electron chi connectivity index (χ0n) is 18.2. The number of alkyl carbamates (subject to hydrolysis) is 1. The molecule has 1 aromatic heterocycles. The largest absolute Gasteiger partial charge is 0.462 e. The van der Waals surface area contributed by atoms with Gasteiger partial charge in [0.25, 0.3) is 0 Å². The predicted molar refractivity (Wildman–Crippen MR) is 113 cm³/mol. The lowest BCUT2D eigenvalue weighted by molar-refractivity contribution is 0.0490. The standard InChI is InChI=1S/C23H27FN2O5/c1-5-30-20(28)15-12-26(13-6-7-13)18-11-16(17(24)10-14(18)19(15)27)23(8-9-23)25-21(29)31-22(2,3)4/h10-13H,5-9H2,1-4H3,(H,25,29). The highest BCUT2D eigenvalue weighted by Gasteiger charge is 2.48. The minimum Gasteiger partial charge on any atom is -0.462 e. The molecule has 0 unspecified atom stereocenters. The van der Waals surface area contributed by atoms with Crippen LogP contribution in [0, 0.1) is 5.82 Å². The van der Waals surface area contributed by atoms with E-state index in [1.165, 1.54) is 12.3 Å². The van der Waals surface area contributed by atoms with Crippen LogP contribution in [0.4, 0.5) is 9.18 Å². The summed E-state index contributed by atoms with van der Waals surface area (Å²) in [6.07, 6.45) is 3.87. The molecule has 0 atom stereocenters. The van der Waals surface area contributed by atoms with Crippen LogP contribution in [0.1, 0.15) is 75.3 Å². The van der Waals surface area contributed by atoms with Crippen molar-refractivity contribution < 1.29 is 23.5 Å². The number of nitrogens with zero attached hydrogens (tertiary/aromatic N) is 1. The Hall–Kier alpha value is -2.90. The summed E-state index contributed by atoms with van der Waals surface area (Å²) in [6, 6.07) is 2.94. The fraction of sp³-hybridized carbons (Fsp3) is 0.522. The van der Waals surface area contributed by atoms with Gasteiger partial charge in [0.15, 0.2) is 0 Å². The van der Waals surface area contributed by atoms with Gasteiger partial charge in [-0.2, -0.15) is 0 Å². The van der Waals surface area contributed by atoms with Crippen LogP contribution in [-0.4, -0.2) is 28.8 Å². The van der Waals surface area contributed by atoms with E-state index in [0.29, 0.717) is 23.9 Å². The Balaban J connectivity index is 1.79. The number of carbonyl (C=O) groups excluding carboxylic acids is 2. The summed E-state index contributed by atoms with van der Waals surface area (Å²) in [5, 5.41) is 2.94. The second kappa shape index (κ2) is 7.35. The third-order valence-corrected chi connectivity index (χ3v) is 5.56. The molecule has 2 aliphatic rings. The van der Waals surface area contributed by atoms with E-state index >= 15 is 4.39 Å². The molecule has 0 spiro atoms. The maximum Gasteiger partial charge on any atom is 0.408 e. The Bertz CT molecular complexity index is 1120. The van der Waals surface area contributed by atoms with E-state index in [-0.39, 0.29) is 23.6 Å². The monoisotopic (exact) mass is 430 g/mol. The fourth-order valence-corrected chi connectivity index (χ4v) is 3.83. The Morgan fingerprint density at radius 2 is 1.94 bits per heavy atom. The van der Waals surface area contributed by atoms with Crippen molar-refractivity contribution in [1.82, 2.24) is 9.88 Å². The minimum absolute atomic E-state index is 0.0959. The van der Waals surface area contributed by atoms with Gasteiger partial charge in [0.2, 0.25) is 5.43 Å². The Morgan fingerprint density at radius 1 is 1.26 bits per heavy atom. The van der Waals surface area contributed by atoms with Crippen LogP contribution < -0.4 is 10.7 Å². The van der Waals surface area contributed by atoms with E-state index in [9.17, 15) is 14.4 Å². The average Bonchev–Trinajstić information content (AvgIpc) is 3.56. The number of ether oxygens (including phenoxy) is 2. The van der Waals surface area contributed by atoms with E-state index in [4.69, 9.17) is 9.47 Å². The van der Waals surface area contributed by atoms with Crippen molar-refractivity contribution >= 4 is 23.0 Å². The normalized spacial score (nSPS) is 17.3. The molecule has 166 valence electrons. The summed E-state index contributed by atoms with van der Waals surface area (Å²) >= 11 is 0. The van der Waals surface area contributed by atoms with Crippen molar-refractivity contribution in [3.05, 3.63) is 45.5 Å². The van der Waals surface area contributed by atoms with Crippen LogP contribution in [0.3, 0.4) is 0 Å². The summed E-state index contributed by atoms with van der Waals surface area (Å²) in [6.45, 7) is 7.09. The van der Waals surface area contributed by atoms with Gasteiger partial charge in [0.05, 0.1) is 17.7 Å². The lowest BCUT2D eigenvalue weighted by Gasteiger charge is -2.24. The topological polar surface area (TPSA) is 86.6 Å². The zero-order valence-corrected chi connectivity index (χ0v) is 18.2. The van der Waals surface area contributed by atoms with Crippen LogP contribution in [0.25, 0.3) is 10.9 Å². The highest BCUT2D eigenvalue weighted by Crippen LogP contribution is 2.48. The molecule has 0 radical (unpaired) electrons. The fourth-order valence-electron chi connectivity index (χ4n) is 3.83. The quantitative estimate of drug-likeness (QED) is 0.720. The van der Waals surface area contributed by atoms with Crippen molar-refractivity contribution in [2.75, 3.05) is 6.61 Å². The number of esters is 1. The van der Waals surface area contributed by atoms with Crippen molar-refractivity contribution in [3.63, 3.8) is 0 Å². The van der Waals surface area contributed by atoms with E-state index in [1.807, 2.05) is 4.57 Å². The molecule has 8 heteroatoms. The van der Waals surface area contributed by atoms with Gasteiger partial charge in [-0.25, -0.2) is 14.0 Å². The van der Waals surface area contributed by atoms with Gasteiger partial charge in [-0.3, -0.25) is 4.79 Å². The SMILES string of the molecule is CCOC(=O)c1cn(C2CC2)c2cc(C3(NC(=O)OC(C)(C)C)CC3)c(F)cc2c1=O. The van der Waals surface area contributed by atoms with Gasteiger partial charge in [-0.15, -0.1) is 0 Å². The number of carbonyl (C=O) groups is 2. The number of nitrogens with one attached hydrogen (secondary N) is 1. The summed E-state index contributed by atoms with van der Waals surface area (Å²) in [7, 11) is 0. The van der Waals surface area contributed by atoms with Crippen molar-refractivity contribution in [2.24, 2.45) is 0 Å². The molecule has 2 saturated carbocycles. The van der Waals surface area contributed by atoms with Gasteiger partial charge < -0.3 is 19.4 Å². The van der Waals surface area contributed by atoms with Crippen molar-refractivity contribution in [1.29, 1.82) is 0 Å². The van der Waals surface area contributed by atoms with Crippen LogP contribution in [0.5, 0.6) is 0 Å². The predicted octanol–water partition coefficient (Wildman–Crippen LogP) is 4.17. The first kappa shape index (κ1) is 21.3. The second-order valence-electron chi connectivity index (χ2n) is 9.29. The second-order valence-corrected chi connectivity index (χ2v) is 9.29. The molecule has 0 saturated heterocycles. The van der Waals surface area contributed by atoms with Gasteiger partial charge in [-0.05, 0) is 65.5 Å². The highest BCUT2D eigenvalue weighted by atomic mass is 19.1. The number of benzene rings is 1. The first-order valence-corrected chi connectivity index (χ1v) is 10.6. The van der Waals surface area contributed by atoms with E-state index in [1.54, 1.807) is 33.8 Å². The van der Waals surface area contributed by atoms with E-state index in [0.717, 1.165) is 12.8 Å². The molecule has 1 amide bonds. The molecule has 31 heavy (non-hydrogen) atoms. The number of pyridine rings is 1. The molecule has 1 N–H and O–H groups in total. The molecular formula is C23H27FN2O5. The van der Waals surface area contributed by atoms with Gasteiger partial charge in [0, 0.05) is 23.2 Å². The smallest absolute Gasteiger partial charge is 0.408 e.